The van der Waals surface area contributed by atoms with E-state index in [4.69, 9.17) is 4.74 Å². The van der Waals surface area contributed by atoms with Crippen molar-refractivity contribution in [3.05, 3.63) is 42.0 Å². The normalized spacial score (nSPS) is 10.3. The zero-order chi connectivity index (χ0) is 17.2. The summed E-state index contributed by atoms with van der Waals surface area (Å²) in [5.74, 6) is 0. The molecule has 124 valence electrons. The molecule has 1 amide bonds. The van der Waals surface area contributed by atoms with E-state index in [0.717, 1.165) is 23.1 Å². The molecule has 0 heterocycles. The van der Waals surface area contributed by atoms with Gasteiger partial charge < -0.3 is 10.1 Å². The Morgan fingerprint density at radius 3 is 2.36 bits per heavy atom. The monoisotopic (exact) mass is 305 g/mol. The first-order chi connectivity index (χ1) is 10.3. The second kappa shape index (κ2) is 10.0. The smallest absolute Gasteiger partial charge is 0.407 e. The van der Waals surface area contributed by atoms with Crippen LogP contribution in [0.5, 0.6) is 0 Å². The van der Waals surface area contributed by atoms with Crippen LogP contribution in [0.1, 0.15) is 65.5 Å². The Morgan fingerprint density at radius 2 is 1.86 bits per heavy atom. The molecular formula is C19H31NO2. The maximum Gasteiger partial charge on any atom is 0.407 e. The van der Waals surface area contributed by atoms with Crippen LogP contribution in [0, 0.1) is 0 Å². The number of hydrogen-bond donors (Lipinski definition) is 1. The summed E-state index contributed by atoms with van der Waals surface area (Å²) in [4.78, 5) is 11.7. The number of hydrogen-bond acceptors (Lipinski definition) is 2. The first kappa shape index (κ1) is 20.2. The van der Waals surface area contributed by atoms with Gasteiger partial charge in [-0.2, -0.15) is 0 Å². The Balaban J connectivity index is 0.00000135. The standard InChI is InChI=1S/C16H23NO2.C3H8/c1-6-10-19-15(18)17-16(4,5)14-9-7-8-13(11-14)12(2)3;1-3-2/h7-9,11H,2,6,10H2,1,3-5H3,(H,17,18);3H2,1-2H3. The van der Waals surface area contributed by atoms with E-state index in [9.17, 15) is 4.79 Å². The van der Waals surface area contributed by atoms with E-state index in [1.165, 1.54) is 6.42 Å². The molecule has 0 aliphatic rings. The lowest BCUT2D eigenvalue weighted by molar-refractivity contribution is 0.136. The number of ether oxygens (including phenoxy) is 1. The second-order valence-corrected chi connectivity index (χ2v) is 5.95. The SMILES string of the molecule is C=C(C)c1cccc(C(C)(C)NC(=O)OCCC)c1.CCC. The number of carbonyl (C=O) groups excluding carboxylic acids is 1. The van der Waals surface area contributed by atoms with Crippen LogP contribution in [0.15, 0.2) is 30.8 Å². The van der Waals surface area contributed by atoms with Gasteiger partial charge in [0.05, 0.1) is 12.1 Å². The van der Waals surface area contributed by atoms with Crippen LogP contribution in [0.2, 0.25) is 0 Å². The van der Waals surface area contributed by atoms with E-state index in [1.807, 2.05) is 52.0 Å². The molecule has 0 atom stereocenters. The summed E-state index contributed by atoms with van der Waals surface area (Å²) in [5, 5.41) is 2.88. The molecule has 0 fully saturated rings. The van der Waals surface area contributed by atoms with Crippen molar-refractivity contribution >= 4 is 11.7 Å². The van der Waals surface area contributed by atoms with Crippen molar-refractivity contribution < 1.29 is 9.53 Å². The predicted octanol–water partition coefficient (Wildman–Crippen LogP) is 5.51. The Labute approximate surface area is 135 Å². The van der Waals surface area contributed by atoms with Gasteiger partial charge in [-0.25, -0.2) is 4.79 Å². The van der Waals surface area contributed by atoms with Crippen LogP contribution < -0.4 is 5.32 Å². The minimum atomic E-state index is -0.476. The van der Waals surface area contributed by atoms with Crippen molar-refractivity contribution in [2.75, 3.05) is 6.61 Å². The average Bonchev–Trinajstić information content (AvgIpc) is 2.45. The molecule has 0 aliphatic heterocycles. The van der Waals surface area contributed by atoms with Crippen LogP contribution in [0.25, 0.3) is 5.57 Å². The van der Waals surface area contributed by atoms with Gasteiger partial charge in [0.2, 0.25) is 0 Å². The van der Waals surface area contributed by atoms with Crippen LogP contribution >= 0.6 is 0 Å². The first-order valence-electron chi connectivity index (χ1n) is 7.99. The molecule has 22 heavy (non-hydrogen) atoms. The highest BCUT2D eigenvalue weighted by Gasteiger charge is 2.23. The van der Waals surface area contributed by atoms with Crippen molar-refractivity contribution in [1.29, 1.82) is 0 Å². The van der Waals surface area contributed by atoms with E-state index in [-0.39, 0.29) is 6.09 Å². The number of benzene rings is 1. The maximum absolute atomic E-state index is 11.7. The van der Waals surface area contributed by atoms with Crippen molar-refractivity contribution in [2.24, 2.45) is 0 Å². The lowest BCUT2D eigenvalue weighted by Gasteiger charge is -2.27. The minimum absolute atomic E-state index is 0.382. The number of alkyl carbamates (subject to hydrolysis) is 1. The Morgan fingerprint density at radius 1 is 1.27 bits per heavy atom. The van der Waals surface area contributed by atoms with Crippen molar-refractivity contribution in [1.82, 2.24) is 5.32 Å². The Kier molecular flexibility index (Phi) is 9.23. The molecule has 0 aliphatic carbocycles. The Bertz CT molecular complexity index is 478. The van der Waals surface area contributed by atoms with Gasteiger partial charge in [-0.15, -0.1) is 0 Å². The van der Waals surface area contributed by atoms with E-state index in [1.54, 1.807) is 0 Å². The van der Waals surface area contributed by atoms with Gasteiger partial charge in [-0.05, 0) is 44.4 Å². The number of rotatable bonds is 5. The first-order valence-corrected chi connectivity index (χ1v) is 7.99. The molecule has 0 aromatic heterocycles. The largest absolute Gasteiger partial charge is 0.450 e. The third kappa shape index (κ3) is 7.30. The van der Waals surface area contributed by atoms with Gasteiger partial charge in [0.25, 0.3) is 0 Å². The van der Waals surface area contributed by atoms with Crippen molar-refractivity contribution in [3.63, 3.8) is 0 Å². The van der Waals surface area contributed by atoms with E-state index in [2.05, 4.69) is 25.7 Å². The maximum atomic E-state index is 11.7. The molecule has 3 heteroatoms. The van der Waals surface area contributed by atoms with Crippen LogP contribution in [-0.2, 0) is 10.3 Å². The summed E-state index contributed by atoms with van der Waals surface area (Å²) in [7, 11) is 0. The molecule has 0 radical (unpaired) electrons. The van der Waals surface area contributed by atoms with Crippen molar-refractivity contribution in [3.8, 4) is 0 Å². The van der Waals surface area contributed by atoms with Gasteiger partial charge in [0, 0.05) is 0 Å². The number of amides is 1. The molecule has 0 saturated heterocycles. The summed E-state index contributed by atoms with van der Waals surface area (Å²) in [6.07, 6.45) is 1.69. The van der Waals surface area contributed by atoms with Crippen LogP contribution in [0.3, 0.4) is 0 Å². The molecule has 1 N–H and O–H groups in total. The highest BCUT2D eigenvalue weighted by Crippen LogP contribution is 2.23. The number of nitrogens with one attached hydrogen (secondary N) is 1. The summed E-state index contributed by atoms with van der Waals surface area (Å²) in [5.41, 5.74) is 2.64. The molecular weight excluding hydrogens is 274 g/mol. The van der Waals surface area contributed by atoms with E-state index < -0.39 is 5.54 Å². The lowest BCUT2D eigenvalue weighted by atomic mass is 9.92. The summed E-state index contributed by atoms with van der Waals surface area (Å²) < 4.78 is 5.06. The van der Waals surface area contributed by atoms with Gasteiger partial charge in [0.1, 0.15) is 0 Å². The minimum Gasteiger partial charge on any atom is -0.450 e. The Hall–Kier alpha value is -1.77. The van der Waals surface area contributed by atoms with Gasteiger partial charge >= 0.3 is 6.09 Å². The zero-order valence-electron chi connectivity index (χ0n) is 15.0. The fourth-order valence-electron chi connectivity index (χ4n) is 1.73. The summed E-state index contributed by atoms with van der Waals surface area (Å²) >= 11 is 0. The average molecular weight is 305 g/mol. The van der Waals surface area contributed by atoms with E-state index >= 15 is 0 Å². The molecule has 3 nitrogen and oxygen atoms in total. The molecule has 0 saturated carbocycles. The quantitative estimate of drug-likeness (QED) is 0.779. The van der Waals surface area contributed by atoms with Gasteiger partial charge in [0.15, 0.2) is 0 Å². The fraction of sp³-hybridized carbons (Fsp3) is 0.526. The number of allylic oxidation sites excluding steroid dienone is 1. The predicted molar refractivity (Wildman–Crippen MR) is 94.9 cm³/mol. The highest BCUT2D eigenvalue weighted by atomic mass is 16.5. The topological polar surface area (TPSA) is 38.3 Å². The number of carbonyl (C=O) groups is 1. The highest BCUT2D eigenvalue weighted by molar-refractivity contribution is 5.69. The molecule has 1 aromatic rings. The molecule has 0 unspecified atom stereocenters. The molecule has 1 aromatic carbocycles. The third-order valence-corrected chi connectivity index (χ3v) is 2.93. The summed E-state index contributed by atoms with van der Waals surface area (Å²) in [6, 6.07) is 8.02. The van der Waals surface area contributed by atoms with Crippen LogP contribution in [0.4, 0.5) is 4.79 Å². The summed E-state index contributed by atoms with van der Waals surface area (Å²) in [6.45, 7) is 16.5. The molecule has 1 rings (SSSR count). The van der Waals surface area contributed by atoms with Gasteiger partial charge in [-0.1, -0.05) is 57.5 Å². The third-order valence-electron chi connectivity index (χ3n) is 2.93. The lowest BCUT2D eigenvalue weighted by Crippen LogP contribution is -2.41. The van der Waals surface area contributed by atoms with Crippen molar-refractivity contribution in [2.45, 2.75) is 59.9 Å². The second-order valence-electron chi connectivity index (χ2n) is 5.95. The molecule has 0 spiro atoms. The van der Waals surface area contributed by atoms with Gasteiger partial charge in [-0.3, -0.25) is 0 Å². The zero-order valence-corrected chi connectivity index (χ0v) is 15.0. The fourth-order valence-corrected chi connectivity index (χ4v) is 1.73. The van der Waals surface area contributed by atoms with E-state index in [0.29, 0.717) is 6.61 Å². The molecule has 0 bridgehead atoms. The van der Waals surface area contributed by atoms with Crippen LogP contribution in [-0.4, -0.2) is 12.7 Å².